The fourth-order valence-electron chi connectivity index (χ4n) is 2.49. The van der Waals surface area contributed by atoms with Crippen LogP contribution in [0.2, 0.25) is 0 Å². The number of carbonyl (C=O) groups is 1. The highest BCUT2D eigenvalue weighted by molar-refractivity contribution is 7.89. The van der Waals surface area contributed by atoms with Crippen molar-refractivity contribution in [1.82, 2.24) is 15.2 Å². The molecule has 0 aromatic carbocycles. The maximum absolute atomic E-state index is 12.1. The molecule has 1 aliphatic heterocycles. The lowest BCUT2D eigenvalue weighted by molar-refractivity contribution is 0.174. The average molecular weight is 346 g/mol. The molecule has 0 saturated carbocycles. The van der Waals surface area contributed by atoms with Crippen LogP contribution in [0, 0.1) is 5.92 Å². The number of carbonyl (C=O) groups excluding carboxylic acids is 1. The summed E-state index contributed by atoms with van der Waals surface area (Å²) < 4.78 is 22.2. The molecule has 1 aromatic rings. The molecule has 9 heteroatoms. The van der Waals surface area contributed by atoms with E-state index in [0.717, 1.165) is 11.4 Å². The third kappa shape index (κ3) is 5.22. The lowest BCUT2D eigenvalue weighted by atomic mass is 9.99. The maximum Gasteiger partial charge on any atom is 0.317 e. The van der Waals surface area contributed by atoms with Crippen molar-refractivity contribution in [3.8, 4) is 0 Å². The van der Waals surface area contributed by atoms with Crippen molar-refractivity contribution >= 4 is 27.4 Å². The van der Waals surface area contributed by atoms with Crippen molar-refractivity contribution in [1.29, 1.82) is 0 Å². The molecule has 0 radical (unpaired) electrons. The summed E-state index contributed by atoms with van der Waals surface area (Å²) in [4.78, 5) is 19.3. The number of urea groups is 1. The van der Waals surface area contributed by atoms with Gasteiger partial charge in [0, 0.05) is 24.2 Å². The Balaban J connectivity index is 1.75. The predicted molar refractivity (Wildman–Crippen MR) is 86.0 cm³/mol. The number of nitrogens with two attached hydrogens (primary N) is 1. The molecule has 3 N–H and O–H groups in total. The number of aryl methyl sites for hydroxylation is 1. The van der Waals surface area contributed by atoms with Gasteiger partial charge in [0.1, 0.15) is 5.01 Å². The van der Waals surface area contributed by atoms with Crippen molar-refractivity contribution in [2.24, 2.45) is 11.1 Å². The summed E-state index contributed by atoms with van der Waals surface area (Å²) in [6.07, 6.45) is 4.12. The first-order chi connectivity index (χ1) is 10.4. The second-order valence-electron chi connectivity index (χ2n) is 5.49. The van der Waals surface area contributed by atoms with E-state index in [1.54, 1.807) is 16.2 Å². The van der Waals surface area contributed by atoms with Crippen molar-refractivity contribution in [2.75, 3.05) is 18.8 Å². The summed E-state index contributed by atoms with van der Waals surface area (Å²) in [5.74, 6) is 0.0478. The van der Waals surface area contributed by atoms with Crippen LogP contribution in [0.4, 0.5) is 4.79 Å². The van der Waals surface area contributed by atoms with Crippen molar-refractivity contribution in [2.45, 2.75) is 32.7 Å². The summed E-state index contributed by atoms with van der Waals surface area (Å²) in [6, 6.07) is -0.123. The van der Waals surface area contributed by atoms with Crippen molar-refractivity contribution in [3.63, 3.8) is 0 Å². The van der Waals surface area contributed by atoms with Crippen LogP contribution in [0.25, 0.3) is 0 Å². The molecule has 1 fully saturated rings. The second kappa shape index (κ2) is 7.38. The molecule has 0 bridgehead atoms. The number of nitrogens with one attached hydrogen (secondary N) is 1. The van der Waals surface area contributed by atoms with Gasteiger partial charge in [0.25, 0.3) is 0 Å². The van der Waals surface area contributed by atoms with Gasteiger partial charge in [-0.05, 0) is 25.2 Å². The number of amides is 2. The first-order valence-electron chi connectivity index (χ1n) is 7.34. The molecule has 1 saturated heterocycles. The lowest BCUT2D eigenvalue weighted by Gasteiger charge is -2.31. The zero-order valence-electron chi connectivity index (χ0n) is 12.6. The van der Waals surface area contributed by atoms with Gasteiger partial charge < -0.3 is 10.2 Å². The zero-order valence-corrected chi connectivity index (χ0v) is 14.3. The van der Waals surface area contributed by atoms with E-state index in [4.69, 9.17) is 5.14 Å². The minimum absolute atomic E-state index is 0.00136. The fraction of sp³-hybridized carbons (Fsp3) is 0.692. The molecular formula is C13H22N4O3S2. The molecule has 0 spiro atoms. The number of aromatic nitrogens is 1. The number of piperidine rings is 1. The predicted octanol–water partition coefficient (Wildman–Crippen LogP) is 0.916. The van der Waals surface area contributed by atoms with Crippen LogP contribution in [0.5, 0.6) is 0 Å². The van der Waals surface area contributed by atoms with Gasteiger partial charge in [-0.2, -0.15) is 0 Å². The molecule has 2 amide bonds. The Morgan fingerprint density at radius 3 is 2.73 bits per heavy atom. The molecule has 7 nitrogen and oxygen atoms in total. The Morgan fingerprint density at radius 2 is 2.18 bits per heavy atom. The van der Waals surface area contributed by atoms with E-state index >= 15 is 0 Å². The highest BCUT2D eigenvalue weighted by Gasteiger charge is 2.25. The third-order valence-electron chi connectivity index (χ3n) is 3.71. The zero-order chi connectivity index (χ0) is 16.2. The number of likely N-dealkylation sites (tertiary alicyclic amines) is 1. The van der Waals surface area contributed by atoms with Crippen LogP contribution >= 0.6 is 11.3 Å². The van der Waals surface area contributed by atoms with Crippen LogP contribution in [0.1, 0.15) is 29.7 Å². The van der Waals surface area contributed by atoms with Gasteiger partial charge in [-0.3, -0.25) is 0 Å². The summed E-state index contributed by atoms with van der Waals surface area (Å²) >= 11 is 1.60. The maximum atomic E-state index is 12.1. The van der Waals surface area contributed by atoms with Gasteiger partial charge >= 0.3 is 6.03 Å². The Kier molecular flexibility index (Phi) is 5.76. The quantitative estimate of drug-likeness (QED) is 0.827. The minimum Gasteiger partial charge on any atom is -0.331 e. The molecule has 124 valence electrons. The van der Waals surface area contributed by atoms with Gasteiger partial charge in [0.05, 0.1) is 12.3 Å². The van der Waals surface area contributed by atoms with Crippen molar-refractivity contribution in [3.05, 3.63) is 16.1 Å². The lowest BCUT2D eigenvalue weighted by Crippen LogP contribution is -2.45. The Morgan fingerprint density at radius 1 is 1.50 bits per heavy atom. The number of hydrogen-bond acceptors (Lipinski definition) is 5. The number of thiazole rings is 1. The number of hydrogen-bond donors (Lipinski definition) is 2. The summed E-state index contributed by atoms with van der Waals surface area (Å²) in [7, 11) is -3.43. The van der Waals surface area contributed by atoms with E-state index in [1.807, 2.05) is 6.20 Å². The molecular weight excluding hydrogens is 324 g/mol. The monoisotopic (exact) mass is 346 g/mol. The second-order valence-corrected chi connectivity index (χ2v) is 8.35. The molecule has 2 rings (SSSR count). The molecule has 2 heterocycles. The largest absolute Gasteiger partial charge is 0.331 e. The highest BCUT2D eigenvalue weighted by atomic mass is 32.2. The molecule has 1 aromatic heterocycles. The van der Waals surface area contributed by atoms with Gasteiger partial charge in [0.2, 0.25) is 10.0 Å². The smallest absolute Gasteiger partial charge is 0.317 e. The number of sulfonamides is 1. The highest BCUT2D eigenvalue weighted by Crippen LogP contribution is 2.18. The fourth-order valence-corrected chi connectivity index (χ4v) is 4.28. The first-order valence-corrected chi connectivity index (χ1v) is 9.87. The molecule has 0 aliphatic carbocycles. The van der Waals surface area contributed by atoms with E-state index < -0.39 is 10.0 Å². The first kappa shape index (κ1) is 17.2. The van der Waals surface area contributed by atoms with Gasteiger partial charge in [-0.1, -0.05) is 6.92 Å². The van der Waals surface area contributed by atoms with E-state index in [-0.39, 0.29) is 17.7 Å². The van der Waals surface area contributed by atoms with Gasteiger partial charge in [-0.15, -0.1) is 11.3 Å². The Bertz CT molecular complexity index is 607. The minimum atomic E-state index is -3.43. The van der Waals surface area contributed by atoms with Gasteiger partial charge in [-0.25, -0.2) is 23.3 Å². The molecule has 1 aliphatic rings. The third-order valence-corrected chi connectivity index (χ3v) is 5.79. The number of nitrogens with zero attached hydrogens (tertiary/aromatic N) is 2. The van der Waals surface area contributed by atoms with Crippen LogP contribution < -0.4 is 10.5 Å². The topological polar surface area (TPSA) is 105 Å². The SMILES string of the molecule is CCc1cnc(CNC(=O)N2CCC(CS(N)(=O)=O)CC2)s1. The summed E-state index contributed by atoms with van der Waals surface area (Å²) in [5, 5.41) is 8.82. The molecule has 0 atom stereocenters. The normalized spacial score (nSPS) is 16.7. The Hall–Kier alpha value is -1.19. The van der Waals surface area contributed by atoms with Crippen LogP contribution in [-0.4, -0.2) is 43.2 Å². The van der Waals surface area contributed by atoms with E-state index in [9.17, 15) is 13.2 Å². The molecule has 0 unspecified atom stereocenters. The van der Waals surface area contributed by atoms with E-state index in [1.165, 1.54) is 4.88 Å². The van der Waals surface area contributed by atoms with Crippen LogP contribution in [0.15, 0.2) is 6.20 Å². The summed E-state index contributed by atoms with van der Waals surface area (Å²) in [6.45, 7) is 3.62. The summed E-state index contributed by atoms with van der Waals surface area (Å²) in [5.41, 5.74) is 0. The van der Waals surface area contributed by atoms with Crippen LogP contribution in [0.3, 0.4) is 0 Å². The number of primary sulfonamides is 1. The van der Waals surface area contributed by atoms with E-state index in [0.29, 0.717) is 32.5 Å². The average Bonchev–Trinajstić information content (AvgIpc) is 2.92. The van der Waals surface area contributed by atoms with E-state index in [2.05, 4.69) is 17.2 Å². The molecule has 22 heavy (non-hydrogen) atoms. The Labute approximate surface area is 135 Å². The standard InChI is InChI=1S/C13H22N4O3S2/c1-2-11-7-15-12(21-11)8-16-13(18)17-5-3-10(4-6-17)9-22(14,19)20/h7,10H,2-6,8-9H2,1H3,(H,16,18)(H2,14,19,20). The number of rotatable bonds is 5. The van der Waals surface area contributed by atoms with Crippen molar-refractivity contribution < 1.29 is 13.2 Å². The van der Waals surface area contributed by atoms with Crippen LogP contribution in [-0.2, 0) is 23.0 Å². The van der Waals surface area contributed by atoms with Gasteiger partial charge in [0.15, 0.2) is 0 Å².